The fraction of sp³-hybridized carbons (Fsp3) is 0.364. The molecule has 1 rings (SSSR count). The fourth-order valence-electron chi connectivity index (χ4n) is 1.14. The van der Waals surface area contributed by atoms with Crippen molar-refractivity contribution in [1.82, 2.24) is 0 Å². The number of nitrogens with one attached hydrogen (secondary N) is 1. The monoisotopic (exact) mass is 286 g/mol. The highest BCUT2D eigenvalue weighted by atomic mass is 32.1. The standard InChI is InChI=1S/C11H14N2O5S/c1-2-17-6-9(15)18-5-8(14)13-11-7(10(12)16)3-4-19-11/h3-4H,2,5-6H2,1H3,(H2,12,16)(H,13,14). The number of carbonyl (C=O) groups is 3. The number of anilines is 1. The van der Waals surface area contributed by atoms with Gasteiger partial charge in [-0.1, -0.05) is 0 Å². The van der Waals surface area contributed by atoms with Crippen molar-refractivity contribution in [3.05, 3.63) is 17.0 Å². The molecule has 1 aromatic rings. The van der Waals surface area contributed by atoms with Gasteiger partial charge in [0.2, 0.25) is 0 Å². The van der Waals surface area contributed by atoms with Gasteiger partial charge in [0.15, 0.2) is 6.61 Å². The van der Waals surface area contributed by atoms with Crippen molar-refractivity contribution >= 4 is 34.1 Å². The van der Waals surface area contributed by atoms with Crippen LogP contribution in [0, 0.1) is 0 Å². The van der Waals surface area contributed by atoms with Crippen molar-refractivity contribution in [2.45, 2.75) is 6.92 Å². The molecule has 0 aromatic carbocycles. The lowest BCUT2D eigenvalue weighted by Gasteiger charge is -2.06. The van der Waals surface area contributed by atoms with Crippen LogP contribution < -0.4 is 11.1 Å². The molecule has 0 saturated carbocycles. The second-order valence-electron chi connectivity index (χ2n) is 3.37. The van der Waals surface area contributed by atoms with Gasteiger partial charge in [0.1, 0.15) is 11.6 Å². The van der Waals surface area contributed by atoms with Crippen molar-refractivity contribution in [2.75, 3.05) is 25.1 Å². The molecular formula is C11H14N2O5S. The highest BCUT2D eigenvalue weighted by molar-refractivity contribution is 7.14. The molecule has 1 aromatic heterocycles. The molecule has 2 amide bonds. The van der Waals surface area contributed by atoms with Crippen LogP contribution in [0.25, 0.3) is 0 Å². The predicted octanol–water partition coefficient (Wildman–Crippen LogP) is 0.365. The Hall–Kier alpha value is -1.93. The second kappa shape index (κ2) is 7.49. The lowest BCUT2D eigenvalue weighted by Crippen LogP contribution is -2.23. The molecule has 0 atom stereocenters. The first-order valence-electron chi connectivity index (χ1n) is 5.45. The van der Waals surface area contributed by atoms with Crippen molar-refractivity contribution < 1.29 is 23.9 Å². The van der Waals surface area contributed by atoms with Gasteiger partial charge < -0.3 is 20.5 Å². The third-order valence-corrected chi connectivity index (χ3v) is 2.80. The maximum atomic E-state index is 11.5. The van der Waals surface area contributed by atoms with E-state index >= 15 is 0 Å². The van der Waals surface area contributed by atoms with Crippen LogP contribution in [-0.2, 0) is 19.1 Å². The summed E-state index contributed by atoms with van der Waals surface area (Å²) < 4.78 is 9.49. The highest BCUT2D eigenvalue weighted by Gasteiger charge is 2.13. The van der Waals surface area contributed by atoms with E-state index in [1.54, 1.807) is 12.3 Å². The summed E-state index contributed by atoms with van der Waals surface area (Å²) in [5.41, 5.74) is 5.35. The number of amides is 2. The molecule has 0 fully saturated rings. The molecule has 0 saturated heterocycles. The highest BCUT2D eigenvalue weighted by Crippen LogP contribution is 2.22. The SMILES string of the molecule is CCOCC(=O)OCC(=O)Nc1sccc1C(N)=O. The van der Waals surface area contributed by atoms with E-state index in [0.29, 0.717) is 11.6 Å². The van der Waals surface area contributed by atoms with Crippen LogP contribution in [0.15, 0.2) is 11.4 Å². The van der Waals surface area contributed by atoms with Crippen LogP contribution in [0.3, 0.4) is 0 Å². The van der Waals surface area contributed by atoms with Gasteiger partial charge in [-0.3, -0.25) is 9.59 Å². The Morgan fingerprint density at radius 3 is 2.74 bits per heavy atom. The predicted molar refractivity (Wildman–Crippen MR) is 68.9 cm³/mol. The van der Waals surface area contributed by atoms with Gasteiger partial charge in [0, 0.05) is 6.61 Å². The van der Waals surface area contributed by atoms with E-state index in [1.807, 2.05) is 0 Å². The molecule has 0 aliphatic carbocycles. The van der Waals surface area contributed by atoms with Crippen LogP contribution in [0.2, 0.25) is 0 Å². The number of ether oxygens (including phenoxy) is 2. The maximum absolute atomic E-state index is 11.5. The van der Waals surface area contributed by atoms with Gasteiger partial charge in [-0.2, -0.15) is 0 Å². The van der Waals surface area contributed by atoms with Gasteiger partial charge in [-0.05, 0) is 18.4 Å². The molecule has 0 aliphatic heterocycles. The Kier molecular flexibility index (Phi) is 5.97. The molecule has 1 heterocycles. The maximum Gasteiger partial charge on any atom is 0.332 e. The number of carbonyl (C=O) groups excluding carboxylic acids is 3. The van der Waals surface area contributed by atoms with Crippen LogP contribution >= 0.6 is 11.3 Å². The molecule has 0 bridgehead atoms. The van der Waals surface area contributed by atoms with Gasteiger partial charge >= 0.3 is 5.97 Å². The summed E-state index contributed by atoms with van der Waals surface area (Å²) in [6.45, 7) is 1.48. The Morgan fingerprint density at radius 2 is 2.11 bits per heavy atom. The molecule has 0 aliphatic rings. The summed E-state index contributed by atoms with van der Waals surface area (Å²) in [6, 6.07) is 1.50. The Balaban J connectivity index is 2.41. The number of thiophene rings is 1. The number of esters is 1. The quantitative estimate of drug-likeness (QED) is 0.704. The summed E-state index contributed by atoms with van der Waals surface area (Å²) in [6.07, 6.45) is 0. The molecule has 0 unspecified atom stereocenters. The summed E-state index contributed by atoms with van der Waals surface area (Å²) in [4.78, 5) is 33.6. The molecule has 3 N–H and O–H groups in total. The van der Waals surface area contributed by atoms with Gasteiger partial charge in [-0.25, -0.2) is 4.79 Å². The Morgan fingerprint density at radius 1 is 1.37 bits per heavy atom. The normalized spacial score (nSPS) is 9.95. The molecular weight excluding hydrogens is 272 g/mol. The lowest BCUT2D eigenvalue weighted by molar-refractivity contribution is -0.151. The summed E-state index contributed by atoms with van der Waals surface area (Å²) in [7, 11) is 0. The molecule has 19 heavy (non-hydrogen) atoms. The minimum absolute atomic E-state index is 0.199. The summed E-state index contributed by atoms with van der Waals surface area (Å²) in [5, 5.41) is 4.40. The third-order valence-electron chi connectivity index (χ3n) is 1.97. The zero-order valence-electron chi connectivity index (χ0n) is 10.3. The fourth-order valence-corrected chi connectivity index (χ4v) is 1.94. The Bertz CT molecular complexity index is 471. The van der Waals surface area contributed by atoms with Crippen molar-refractivity contribution in [1.29, 1.82) is 0 Å². The van der Waals surface area contributed by atoms with E-state index in [2.05, 4.69) is 10.1 Å². The van der Waals surface area contributed by atoms with Crippen LogP contribution in [-0.4, -0.2) is 37.6 Å². The first-order chi connectivity index (χ1) is 9.04. The number of rotatable bonds is 7. The Labute approximate surface area is 113 Å². The molecule has 7 nitrogen and oxygen atoms in total. The second-order valence-corrected chi connectivity index (χ2v) is 4.29. The molecule has 0 spiro atoms. The smallest absolute Gasteiger partial charge is 0.332 e. The zero-order valence-corrected chi connectivity index (χ0v) is 11.1. The minimum atomic E-state index is -0.634. The van der Waals surface area contributed by atoms with Gasteiger partial charge in [-0.15, -0.1) is 11.3 Å². The van der Waals surface area contributed by atoms with E-state index in [-0.39, 0.29) is 12.2 Å². The van der Waals surface area contributed by atoms with Crippen LogP contribution in [0.4, 0.5) is 5.00 Å². The van der Waals surface area contributed by atoms with E-state index in [4.69, 9.17) is 10.5 Å². The lowest BCUT2D eigenvalue weighted by atomic mass is 10.3. The average Bonchev–Trinajstić information content (AvgIpc) is 2.82. The van der Waals surface area contributed by atoms with Crippen LogP contribution in [0.1, 0.15) is 17.3 Å². The van der Waals surface area contributed by atoms with Crippen molar-refractivity contribution in [3.63, 3.8) is 0 Å². The van der Waals surface area contributed by atoms with E-state index in [0.717, 1.165) is 11.3 Å². The zero-order chi connectivity index (χ0) is 14.3. The minimum Gasteiger partial charge on any atom is -0.454 e. The molecule has 104 valence electrons. The average molecular weight is 286 g/mol. The largest absolute Gasteiger partial charge is 0.454 e. The first-order valence-corrected chi connectivity index (χ1v) is 6.33. The third kappa shape index (κ3) is 5.06. The van der Waals surface area contributed by atoms with Crippen molar-refractivity contribution in [2.24, 2.45) is 5.73 Å². The van der Waals surface area contributed by atoms with E-state index in [9.17, 15) is 14.4 Å². The van der Waals surface area contributed by atoms with Crippen LogP contribution in [0.5, 0.6) is 0 Å². The first kappa shape index (κ1) is 15.1. The van der Waals surface area contributed by atoms with E-state index in [1.165, 1.54) is 6.07 Å². The van der Waals surface area contributed by atoms with Gasteiger partial charge in [0.05, 0.1) is 5.56 Å². The number of nitrogens with two attached hydrogens (primary N) is 1. The van der Waals surface area contributed by atoms with E-state index < -0.39 is 24.4 Å². The molecule has 0 radical (unpaired) electrons. The summed E-state index contributed by atoms with van der Waals surface area (Å²) in [5.74, 6) is -1.81. The van der Waals surface area contributed by atoms with Gasteiger partial charge in [0.25, 0.3) is 11.8 Å². The topological polar surface area (TPSA) is 108 Å². The summed E-state index contributed by atoms with van der Waals surface area (Å²) >= 11 is 1.16. The molecule has 8 heteroatoms. The van der Waals surface area contributed by atoms with Crippen molar-refractivity contribution in [3.8, 4) is 0 Å². The number of hydrogen-bond donors (Lipinski definition) is 2. The number of hydrogen-bond acceptors (Lipinski definition) is 6. The number of primary amides is 1.